The highest BCUT2D eigenvalue weighted by atomic mass is 19.1. The fraction of sp³-hybridized carbons (Fsp3) is 0.318. The Morgan fingerprint density at radius 2 is 1.92 bits per heavy atom. The molecule has 0 spiro atoms. The summed E-state index contributed by atoms with van der Waals surface area (Å²) in [5.74, 6) is 0.531. The number of aliphatic imine (C=N–C) groups is 1. The molecule has 0 radical (unpaired) electrons. The Morgan fingerprint density at radius 1 is 1.17 bits per heavy atom. The summed E-state index contributed by atoms with van der Waals surface area (Å²) in [5, 5.41) is 0. The molecule has 1 fully saturated rings. The molecule has 2 aromatic carbocycles. The fourth-order valence-electron chi connectivity index (χ4n) is 3.89. The second kappa shape index (κ2) is 5.41. The summed E-state index contributed by atoms with van der Waals surface area (Å²) in [5.41, 5.74) is 5.90. The maximum absolute atomic E-state index is 13.3. The zero-order valence-corrected chi connectivity index (χ0v) is 14.4. The Labute approximate surface area is 142 Å². The summed E-state index contributed by atoms with van der Waals surface area (Å²) in [6.07, 6.45) is 5.47. The molecule has 0 bridgehead atoms. The number of halogens is 1. The molecule has 1 heterocycles. The molecule has 1 nitrogen and oxygen atoms in total. The maximum Gasteiger partial charge on any atom is 0.123 e. The molecule has 0 amide bonds. The van der Waals surface area contributed by atoms with E-state index in [4.69, 9.17) is 4.99 Å². The van der Waals surface area contributed by atoms with E-state index in [-0.39, 0.29) is 17.3 Å². The third-order valence-electron chi connectivity index (χ3n) is 5.73. The minimum absolute atomic E-state index is 0.0604. The van der Waals surface area contributed by atoms with Crippen LogP contribution in [0.1, 0.15) is 48.6 Å². The van der Waals surface area contributed by atoms with Crippen molar-refractivity contribution in [1.29, 1.82) is 0 Å². The summed E-state index contributed by atoms with van der Waals surface area (Å²) >= 11 is 0. The van der Waals surface area contributed by atoms with Crippen LogP contribution in [0.4, 0.5) is 4.39 Å². The van der Waals surface area contributed by atoms with E-state index in [9.17, 15) is 4.39 Å². The van der Waals surface area contributed by atoms with Gasteiger partial charge in [-0.15, -0.1) is 0 Å². The SMILES string of the molecule is Cc1cc(F)ccc1C1=NC(c2ccccc2C2(C)CC2C)C=C1. The average molecular weight is 319 g/mol. The lowest BCUT2D eigenvalue weighted by atomic mass is 9.88. The molecule has 3 unspecified atom stereocenters. The lowest BCUT2D eigenvalue weighted by Gasteiger charge is -2.18. The van der Waals surface area contributed by atoms with Crippen molar-refractivity contribution in [1.82, 2.24) is 0 Å². The zero-order chi connectivity index (χ0) is 16.9. The summed E-state index contributed by atoms with van der Waals surface area (Å²) in [4.78, 5) is 4.93. The number of benzene rings is 2. The van der Waals surface area contributed by atoms with Gasteiger partial charge >= 0.3 is 0 Å². The van der Waals surface area contributed by atoms with Gasteiger partial charge in [0.05, 0.1) is 11.8 Å². The minimum atomic E-state index is -0.198. The van der Waals surface area contributed by atoms with Gasteiger partial charge in [0, 0.05) is 5.56 Å². The summed E-state index contributed by atoms with van der Waals surface area (Å²) < 4.78 is 13.3. The summed E-state index contributed by atoms with van der Waals surface area (Å²) in [6, 6.07) is 13.6. The van der Waals surface area contributed by atoms with Crippen LogP contribution < -0.4 is 0 Å². The average Bonchev–Trinajstić information content (AvgIpc) is 2.98. The van der Waals surface area contributed by atoms with Crippen LogP contribution in [-0.4, -0.2) is 5.71 Å². The predicted octanol–water partition coefficient (Wildman–Crippen LogP) is 5.53. The third kappa shape index (κ3) is 2.41. The van der Waals surface area contributed by atoms with Crippen LogP contribution in [0.2, 0.25) is 0 Å². The topological polar surface area (TPSA) is 12.4 Å². The molecule has 1 aliphatic carbocycles. The first-order valence-electron chi connectivity index (χ1n) is 8.61. The van der Waals surface area contributed by atoms with Crippen molar-refractivity contribution in [3.05, 3.63) is 82.7 Å². The monoisotopic (exact) mass is 319 g/mol. The highest BCUT2D eigenvalue weighted by Gasteiger charge is 2.49. The molecule has 2 aromatic rings. The highest BCUT2D eigenvalue weighted by Crippen LogP contribution is 2.55. The van der Waals surface area contributed by atoms with Gasteiger partial charge in [-0.05, 0) is 65.6 Å². The maximum atomic E-state index is 13.3. The Hall–Kier alpha value is -2.22. The molecule has 3 atom stereocenters. The largest absolute Gasteiger partial charge is 0.272 e. The molecule has 1 aliphatic heterocycles. The molecule has 2 heteroatoms. The van der Waals surface area contributed by atoms with Gasteiger partial charge in [-0.1, -0.05) is 44.2 Å². The van der Waals surface area contributed by atoms with Gasteiger partial charge in [0.2, 0.25) is 0 Å². The first-order valence-corrected chi connectivity index (χ1v) is 8.61. The Bertz CT molecular complexity index is 864. The Balaban J connectivity index is 1.71. The van der Waals surface area contributed by atoms with Crippen LogP contribution >= 0.6 is 0 Å². The van der Waals surface area contributed by atoms with E-state index in [1.807, 2.05) is 13.0 Å². The van der Waals surface area contributed by atoms with Crippen molar-refractivity contribution in [2.75, 3.05) is 0 Å². The fourth-order valence-corrected chi connectivity index (χ4v) is 3.89. The number of aryl methyl sites for hydroxylation is 1. The molecular formula is C22H22FN. The first kappa shape index (κ1) is 15.3. The van der Waals surface area contributed by atoms with Crippen LogP contribution in [0.3, 0.4) is 0 Å². The number of hydrogen-bond acceptors (Lipinski definition) is 1. The standard InChI is InChI=1S/C22H22FN/c1-14-12-16(23)8-9-17(14)20-10-11-21(24-20)18-6-4-5-7-19(18)22(3)13-15(22)2/h4-12,15,21H,13H2,1-3H3. The van der Waals surface area contributed by atoms with Gasteiger partial charge in [-0.2, -0.15) is 0 Å². The molecule has 122 valence electrons. The molecule has 2 aliphatic rings. The van der Waals surface area contributed by atoms with Crippen molar-refractivity contribution in [3.8, 4) is 0 Å². The highest BCUT2D eigenvalue weighted by molar-refractivity contribution is 6.11. The molecule has 4 rings (SSSR count). The number of rotatable bonds is 3. The lowest BCUT2D eigenvalue weighted by Crippen LogP contribution is -2.09. The molecule has 0 N–H and O–H groups in total. The molecular weight excluding hydrogens is 297 g/mol. The van der Waals surface area contributed by atoms with Gasteiger partial charge in [-0.3, -0.25) is 4.99 Å². The van der Waals surface area contributed by atoms with E-state index in [0.29, 0.717) is 0 Å². The van der Waals surface area contributed by atoms with Gasteiger partial charge < -0.3 is 0 Å². The Kier molecular flexibility index (Phi) is 3.45. The third-order valence-corrected chi connectivity index (χ3v) is 5.73. The second-order valence-electron chi connectivity index (χ2n) is 7.39. The Morgan fingerprint density at radius 3 is 2.62 bits per heavy atom. The summed E-state index contributed by atoms with van der Waals surface area (Å²) in [7, 11) is 0. The van der Waals surface area contributed by atoms with Crippen molar-refractivity contribution in [2.24, 2.45) is 10.9 Å². The minimum Gasteiger partial charge on any atom is -0.272 e. The zero-order valence-electron chi connectivity index (χ0n) is 14.4. The van der Waals surface area contributed by atoms with Crippen molar-refractivity contribution >= 4 is 5.71 Å². The van der Waals surface area contributed by atoms with Crippen molar-refractivity contribution in [3.63, 3.8) is 0 Å². The van der Waals surface area contributed by atoms with Crippen LogP contribution in [0.5, 0.6) is 0 Å². The van der Waals surface area contributed by atoms with E-state index >= 15 is 0 Å². The van der Waals surface area contributed by atoms with Crippen molar-refractivity contribution in [2.45, 2.75) is 38.6 Å². The summed E-state index contributed by atoms with van der Waals surface area (Å²) in [6.45, 7) is 6.60. The van der Waals surface area contributed by atoms with Crippen LogP contribution in [0.25, 0.3) is 0 Å². The van der Waals surface area contributed by atoms with Crippen LogP contribution in [0, 0.1) is 18.7 Å². The number of hydrogen-bond donors (Lipinski definition) is 0. The lowest BCUT2D eigenvalue weighted by molar-refractivity contribution is 0.626. The van der Waals surface area contributed by atoms with E-state index in [2.05, 4.69) is 50.3 Å². The van der Waals surface area contributed by atoms with Gasteiger partial charge in [0.25, 0.3) is 0 Å². The number of allylic oxidation sites excluding steroid dienone is 1. The molecule has 24 heavy (non-hydrogen) atoms. The molecule has 0 saturated heterocycles. The quantitative estimate of drug-likeness (QED) is 0.705. The van der Waals surface area contributed by atoms with Gasteiger partial charge in [0.1, 0.15) is 5.82 Å². The van der Waals surface area contributed by atoms with E-state index < -0.39 is 0 Å². The van der Waals surface area contributed by atoms with Gasteiger partial charge in [-0.25, -0.2) is 4.39 Å². The number of nitrogens with zero attached hydrogens (tertiary/aromatic N) is 1. The van der Waals surface area contributed by atoms with Crippen LogP contribution in [0.15, 0.2) is 59.6 Å². The molecule has 1 saturated carbocycles. The predicted molar refractivity (Wildman–Crippen MR) is 97.1 cm³/mol. The van der Waals surface area contributed by atoms with E-state index in [1.54, 1.807) is 6.07 Å². The van der Waals surface area contributed by atoms with E-state index in [1.165, 1.54) is 23.6 Å². The van der Waals surface area contributed by atoms with E-state index in [0.717, 1.165) is 22.8 Å². The van der Waals surface area contributed by atoms with Crippen molar-refractivity contribution < 1.29 is 4.39 Å². The van der Waals surface area contributed by atoms with Gasteiger partial charge in [0.15, 0.2) is 0 Å². The normalized spacial score (nSPS) is 28.1. The molecule has 0 aromatic heterocycles. The second-order valence-corrected chi connectivity index (χ2v) is 7.39. The first-order chi connectivity index (χ1) is 11.5. The smallest absolute Gasteiger partial charge is 0.123 e. The van der Waals surface area contributed by atoms with Crippen LogP contribution in [-0.2, 0) is 5.41 Å².